The van der Waals surface area contributed by atoms with E-state index in [-0.39, 0.29) is 6.61 Å². The summed E-state index contributed by atoms with van der Waals surface area (Å²) in [5.41, 5.74) is 2.37. The number of benzene rings is 1. The number of rotatable bonds is 3. The first-order chi connectivity index (χ1) is 9.02. The van der Waals surface area contributed by atoms with Gasteiger partial charge in [0, 0.05) is 11.3 Å². The molecule has 0 aliphatic heterocycles. The fraction of sp³-hybridized carbons (Fsp3) is 0.214. The molecule has 0 atom stereocenters. The molecule has 19 heavy (non-hydrogen) atoms. The first kappa shape index (κ1) is 14.1. The second-order valence-electron chi connectivity index (χ2n) is 4.18. The number of ether oxygens (including phenoxy) is 1. The van der Waals surface area contributed by atoms with Crippen LogP contribution in [0.5, 0.6) is 11.6 Å². The van der Waals surface area contributed by atoms with Gasteiger partial charge in [0.1, 0.15) is 10.8 Å². The first-order valence-corrected chi connectivity index (χ1v) is 6.48. The Kier molecular flexibility index (Phi) is 4.30. The van der Waals surface area contributed by atoms with Gasteiger partial charge in [-0.3, -0.25) is 0 Å². The lowest BCUT2D eigenvalue weighted by molar-refractivity contribution is 0.274. The molecule has 0 bridgehead atoms. The van der Waals surface area contributed by atoms with Crippen molar-refractivity contribution >= 4 is 23.2 Å². The third-order valence-corrected chi connectivity index (χ3v) is 3.52. The van der Waals surface area contributed by atoms with Crippen LogP contribution < -0.4 is 4.74 Å². The monoisotopic (exact) mass is 297 g/mol. The average Bonchev–Trinajstić information content (AvgIpc) is 2.34. The van der Waals surface area contributed by atoms with Gasteiger partial charge in [-0.2, -0.15) is 0 Å². The number of aliphatic hydroxyl groups excluding tert-OH is 1. The highest BCUT2D eigenvalue weighted by atomic mass is 35.5. The van der Waals surface area contributed by atoms with Gasteiger partial charge in [0.25, 0.3) is 0 Å². The summed E-state index contributed by atoms with van der Waals surface area (Å²) in [6, 6.07) is 7.01. The maximum Gasteiger partial charge on any atom is 0.225 e. The molecule has 0 unspecified atom stereocenters. The van der Waals surface area contributed by atoms with E-state index in [1.54, 1.807) is 18.2 Å². The Morgan fingerprint density at radius 3 is 2.68 bits per heavy atom. The van der Waals surface area contributed by atoms with Crippen molar-refractivity contribution in [2.45, 2.75) is 20.5 Å². The zero-order valence-corrected chi connectivity index (χ0v) is 12.1. The predicted molar refractivity (Wildman–Crippen MR) is 76.2 cm³/mol. The third kappa shape index (κ3) is 3.00. The van der Waals surface area contributed by atoms with Crippen LogP contribution in [0, 0.1) is 13.8 Å². The van der Waals surface area contributed by atoms with Crippen LogP contribution in [-0.2, 0) is 6.61 Å². The molecule has 5 heteroatoms. The maximum atomic E-state index is 9.41. The quantitative estimate of drug-likeness (QED) is 0.919. The van der Waals surface area contributed by atoms with E-state index in [1.807, 2.05) is 19.9 Å². The molecule has 0 radical (unpaired) electrons. The van der Waals surface area contributed by atoms with Crippen molar-refractivity contribution in [3.63, 3.8) is 0 Å². The van der Waals surface area contributed by atoms with Crippen LogP contribution in [0.3, 0.4) is 0 Å². The number of pyridine rings is 1. The molecule has 0 aliphatic carbocycles. The van der Waals surface area contributed by atoms with E-state index < -0.39 is 0 Å². The molecule has 0 spiro atoms. The Labute approximate surface area is 121 Å². The summed E-state index contributed by atoms with van der Waals surface area (Å²) in [5, 5.41) is 10.2. The Balaban J connectivity index is 2.46. The second kappa shape index (κ2) is 5.78. The van der Waals surface area contributed by atoms with Crippen LogP contribution in [0.15, 0.2) is 24.3 Å². The van der Waals surface area contributed by atoms with E-state index in [2.05, 4.69) is 4.98 Å². The van der Waals surface area contributed by atoms with Crippen LogP contribution >= 0.6 is 23.2 Å². The summed E-state index contributed by atoms with van der Waals surface area (Å²) in [6.07, 6.45) is 0. The van der Waals surface area contributed by atoms with Crippen molar-refractivity contribution in [3.05, 3.63) is 51.1 Å². The van der Waals surface area contributed by atoms with Crippen molar-refractivity contribution in [1.29, 1.82) is 0 Å². The fourth-order valence-corrected chi connectivity index (χ4v) is 2.10. The number of aliphatic hydroxyl groups is 1. The molecule has 100 valence electrons. The summed E-state index contributed by atoms with van der Waals surface area (Å²) >= 11 is 12.0. The minimum absolute atomic E-state index is 0.146. The highest BCUT2D eigenvalue weighted by Crippen LogP contribution is 2.35. The van der Waals surface area contributed by atoms with Crippen LogP contribution in [0.2, 0.25) is 10.0 Å². The Bertz CT molecular complexity index is 615. The molecule has 0 aliphatic rings. The van der Waals surface area contributed by atoms with Crippen molar-refractivity contribution < 1.29 is 9.84 Å². The van der Waals surface area contributed by atoms with Crippen molar-refractivity contribution in [2.24, 2.45) is 0 Å². The molecule has 0 saturated heterocycles. The molecule has 1 heterocycles. The molecule has 0 amide bonds. The number of hydrogen-bond acceptors (Lipinski definition) is 3. The van der Waals surface area contributed by atoms with Crippen LogP contribution in [0.1, 0.15) is 16.8 Å². The number of aryl methyl sites for hydroxylation is 2. The average molecular weight is 298 g/mol. The summed E-state index contributed by atoms with van der Waals surface area (Å²) in [6.45, 7) is 3.61. The molecule has 3 nitrogen and oxygen atoms in total. The molecule has 1 aromatic heterocycles. The highest BCUT2D eigenvalue weighted by Gasteiger charge is 2.13. The van der Waals surface area contributed by atoms with Crippen LogP contribution in [0.4, 0.5) is 0 Å². The minimum atomic E-state index is -0.146. The summed E-state index contributed by atoms with van der Waals surface area (Å²) in [5.74, 6) is 0.769. The van der Waals surface area contributed by atoms with E-state index in [9.17, 15) is 5.11 Å². The molecule has 1 N–H and O–H groups in total. The molecular weight excluding hydrogens is 285 g/mol. The second-order valence-corrected chi connectivity index (χ2v) is 4.96. The zero-order valence-electron chi connectivity index (χ0n) is 10.6. The minimum Gasteiger partial charge on any atom is -0.437 e. The Morgan fingerprint density at radius 2 is 2.00 bits per heavy atom. The topological polar surface area (TPSA) is 42.4 Å². The van der Waals surface area contributed by atoms with Crippen molar-refractivity contribution in [1.82, 2.24) is 4.98 Å². The lowest BCUT2D eigenvalue weighted by Gasteiger charge is -2.13. The van der Waals surface area contributed by atoms with Crippen LogP contribution in [0.25, 0.3) is 0 Å². The van der Waals surface area contributed by atoms with E-state index in [0.29, 0.717) is 27.2 Å². The van der Waals surface area contributed by atoms with E-state index in [1.165, 1.54) is 0 Å². The number of hydrogen-bond donors (Lipinski definition) is 1. The number of nitrogens with zero attached hydrogens (tertiary/aromatic N) is 1. The smallest absolute Gasteiger partial charge is 0.225 e. The lowest BCUT2D eigenvalue weighted by atomic mass is 10.1. The largest absolute Gasteiger partial charge is 0.437 e. The molecule has 0 fully saturated rings. The van der Waals surface area contributed by atoms with E-state index in [0.717, 1.165) is 11.3 Å². The van der Waals surface area contributed by atoms with Gasteiger partial charge in [-0.1, -0.05) is 29.3 Å². The maximum absolute atomic E-state index is 9.41. The zero-order chi connectivity index (χ0) is 14.0. The fourth-order valence-electron chi connectivity index (χ4n) is 1.77. The Hall–Kier alpha value is -1.29. The summed E-state index contributed by atoms with van der Waals surface area (Å²) in [7, 11) is 0. The predicted octanol–water partition coefficient (Wildman–Crippen LogP) is 4.29. The molecule has 2 rings (SSSR count). The SMILES string of the molecule is Cc1cc(C)c(CO)c(Oc2cccc(Cl)c2Cl)n1. The summed E-state index contributed by atoms with van der Waals surface area (Å²) in [4.78, 5) is 4.29. The Morgan fingerprint density at radius 1 is 1.26 bits per heavy atom. The van der Waals surface area contributed by atoms with Gasteiger partial charge in [-0.15, -0.1) is 0 Å². The lowest BCUT2D eigenvalue weighted by Crippen LogP contribution is -2.00. The third-order valence-electron chi connectivity index (χ3n) is 2.72. The first-order valence-electron chi connectivity index (χ1n) is 5.72. The van der Waals surface area contributed by atoms with E-state index >= 15 is 0 Å². The molecule has 0 saturated carbocycles. The van der Waals surface area contributed by atoms with Crippen LogP contribution in [-0.4, -0.2) is 10.1 Å². The van der Waals surface area contributed by atoms with Gasteiger partial charge >= 0.3 is 0 Å². The van der Waals surface area contributed by atoms with Gasteiger partial charge in [-0.05, 0) is 37.6 Å². The van der Waals surface area contributed by atoms with Gasteiger partial charge < -0.3 is 9.84 Å². The van der Waals surface area contributed by atoms with E-state index in [4.69, 9.17) is 27.9 Å². The number of aromatic nitrogens is 1. The van der Waals surface area contributed by atoms with Gasteiger partial charge in [-0.25, -0.2) is 4.98 Å². The molecular formula is C14H13Cl2NO2. The van der Waals surface area contributed by atoms with Gasteiger partial charge in [0.05, 0.1) is 11.6 Å². The van der Waals surface area contributed by atoms with Crippen molar-refractivity contribution in [2.75, 3.05) is 0 Å². The molecule has 1 aromatic carbocycles. The summed E-state index contributed by atoms with van der Waals surface area (Å²) < 4.78 is 5.69. The normalized spacial score (nSPS) is 10.6. The highest BCUT2D eigenvalue weighted by molar-refractivity contribution is 6.42. The standard InChI is InChI=1S/C14H13Cl2NO2/c1-8-6-9(2)17-14(10(8)7-18)19-12-5-3-4-11(15)13(12)16/h3-6,18H,7H2,1-2H3. The van der Waals surface area contributed by atoms with Crippen molar-refractivity contribution in [3.8, 4) is 11.6 Å². The molecule has 2 aromatic rings. The van der Waals surface area contributed by atoms with Gasteiger partial charge in [0.2, 0.25) is 5.88 Å². The van der Waals surface area contributed by atoms with Gasteiger partial charge in [0.15, 0.2) is 0 Å². The number of halogens is 2.